The highest BCUT2D eigenvalue weighted by atomic mass is 79.9. The second-order valence-corrected chi connectivity index (χ2v) is 13.1. The van der Waals surface area contributed by atoms with Crippen molar-refractivity contribution in [2.45, 2.75) is 43.7 Å². The summed E-state index contributed by atoms with van der Waals surface area (Å²) in [4.78, 5) is 19.8. The van der Waals surface area contributed by atoms with Crippen LogP contribution in [0.2, 0.25) is 0 Å². The highest BCUT2D eigenvalue weighted by Gasteiger charge is 2.53. The second-order valence-electron chi connectivity index (χ2n) is 12.2. The molecular weight excluding hydrogens is 676 g/mol. The van der Waals surface area contributed by atoms with Crippen molar-refractivity contribution in [3.63, 3.8) is 0 Å². The third-order valence-corrected chi connectivity index (χ3v) is 9.56. The van der Waals surface area contributed by atoms with Crippen LogP contribution < -0.4 is 10.1 Å². The monoisotopic (exact) mass is 716 g/mol. The van der Waals surface area contributed by atoms with Crippen LogP contribution in [0.1, 0.15) is 47.6 Å². The molecular formula is C42H41BrN2O4. The van der Waals surface area contributed by atoms with Gasteiger partial charge in [0.1, 0.15) is 5.75 Å². The van der Waals surface area contributed by atoms with Crippen LogP contribution in [0.3, 0.4) is 0 Å². The Hall–Kier alpha value is -4.72. The summed E-state index contributed by atoms with van der Waals surface area (Å²) in [6.07, 6.45) is 2.98. The fourth-order valence-electron chi connectivity index (χ4n) is 6.15. The van der Waals surface area contributed by atoms with Crippen LogP contribution in [0.25, 0.3) is 11.1 Å². The molecule has 5 aromatic carbocycles. The van der Waals surface area contributed by atoms with Crippen LogP contribution in [-0.2, 0) is 22.4 Å². The van der Waals surface area contributed by atoms with Gasteiger partial charge in [0.25, 0.3) is 5.91 Å². The van der Waals surface area contributed by atoms with Gasteiger partial charge in [-0.1, -0.05) is 119 Å². The maximum atomic E-state index is 14.6. The van der Waals surface area contributed by atoms with Gasteiger partial charge in [-0.2, -0.15) is 0 Å². The molecule has 0 radical (unpaired) electrons. The maximum absolute atomic E-state index is 14.6. The molecule has 0 bridgehead atoms. The first-order valence-electron chi connectivity index (χ1n) is 16.9. The van der Waals surface area contributed by atoms with Gasteiger partial charge in [0, 0.05) is 36.0 Å². The minimum absolute atomic E-state index is 0.0746. The lowest BCUT2D eigenvalue weighted by atomic mass is 9.81. The fraction of sp³-hybridized carbons (Fsp3) is 0.238. The zero-order valence-electron chi connectivity index (χ0n) is 27.4. The van der Waals surface area contributed by atoms with Gasteiger partial charge in [0.2, 0.25) is 5.90 Å². The molecule has 6 nitrogen and oxygen atoms in total. The molecule has 0 fully saturated rings. The lowest BCUT2D eigenvalue weighted by Gasteiger charge is -2.31. The van der Waals surface area contributed by atoms with Crippen molar-refractivity contribution >= 4 is 27.7 Å². The molecule has 0 aromatic heterocycles. The number of aliphatic hydroxyl groups is 1. The number of aliphatic imine (C=N–C) groups is 1. The normalized spacial score (nSPS) is 16.9. The van der Waals surface area contributed by atoms with Crippen molar-refractivity contribution in [2.24, 2.45) is 4.99 Å². The second kappa shape index (κ2) is 16.6. The molecule has 1 heterocycles. The lowest BCUT2D eigenvalue weighted by Crippen LogP contribution is -2.50. The number of aryl methyl sites for hydroxylation is 1. The van der Waals surface area contributed by atoms with Gasteiger partial charge in [-0.3, -0.25) is 4.79 Å². The van der Waals surface area contributed by atoms with Crippen LogP contribution in [-0.4, -0.2) is 42.2 Å². The molecule has 1 amide bonds. The van der Waals surface area contributed by atoms with Gasteiger partial charge in [0.05, 0.1) is 6.61 Å². The number of carbonyl (C=O) groups excluding carboxylic acids is 1. The van der Waals surface area contributed by atoms with E-state index in [1.807, 2.05) is 84.9 Å². The van der Waals surface area contributed by atoms with E-state index in [1.54, 1.807) is 0 Å². The Kier molecular flexibility index (Phi) is 11.6. The molecule has 0 aliphatic carbocycles. The molecule has 250 valence electrons. The zero-order chi connectivity index (χ0) is 33.9. The zero-order valence-corrected chi connectivity index (χ0v) is 29.0. The molecule has 0 spiro atoms. The molecule has 1 aliphatic heterocycles. The quantitative estimate of drug-likeness (QED) is 0.107. The van der Waals surface area contributed by atoms with Crippen LogP contribution in [0.4, 0.5) is 0 Å². The summed E-state index contributed by atoms with van der Waals surface area (Å²) >= 11 is 3.73. The average molecular weight is 718 g/mol. The number of halogens is 1. The minimum atomic E-state index is -1.27. The Labute approximate surface area is 297 Å². The summed E-state index contributed by atoms with van der Waals surface area (Å²) < 4.78 is 13.4. The number of hydrogen-bond donors (Lipinski definition) is 2. The number of rotatable bonds is 15. The van der Waals surface area contributed by atoms with Crippen molar-refractivity contribution < 1.29 is 19.4 Å². The third kappa shape index (κ3) is 8.48. The number of aliphatic hydroxyl groups excluding tert-OH is 1. The first-order valence-corrected chi connectivity index (χ1v) is 17.7. The van der Waals surface area contributed by atoms with Crippen LogP contribution in [0, 0.1) is 0 Å². The highest BCUT2D eigenvalue weighted by Crippen LogP contribution is 2.44. The maximum Gasteiger partial charge on any atom is 0.252 e. The Morgan fingerprint density at radius 3 is 2.14 bits per heavy atom. The van der Waals surface area contributed by atoms with E-state index < -0.39 is 11.6 Å². The Morgan fingerprint density at radius 1 is 0.776 bits per heavy atom. The largest absolute Gasteiger partial charge is 0.494 e. The number of carbonyl (C=O) groups is 1. The molecule has 0 saturated heterocycles. The van der Waals surface area contributed by atoms with E-state index >= 15 is 0 Å². The van der Waals surface area contributed by atoms with Crippen molar-refractivity contribution in [1.29, 1.82) is 0 Å². The first-order chi connectivity index (χ1) is 24.1. The van der Waals surface area contributed by atoms with Crippen LogP contribution in [0.15, 0.2) is 143 Å². The molecule has 7 heteroatoms. The fourth-order valence-corrected chi connectivity index (χ4v) is 6.57. The number of unbranched alkanes of at least 4 members (excludes halogenated alkanes) is 1. The molecule has 6 rings (SSSR count). The number of amides is 1. The summed E-state index contributed by atoms with van der Waals surface area (Å²) in [5.74, 6) is 0.931. The summed E-state index contributed by atoms with van der Waals surface area (Å²) in [5.41, 5.74) is 4.81. The van der Waals surface area contributed by atoms with E-state index in [-0.39, 0.29) is 12.5 Å². The molecule has 1 aliphatic rings. The summed E-state index contributed by atoms with van der Waals surface area (Å²) in [6, 6.07) is 44.4. The van der Waals surface area contributed by atoms with E-state index in [0.29, 0.717) is 37.6 Å². The standard InChI is InChI=1S/C42H41BrN2O4/c43-38-18-8-7-17-36(38)30-42(41(47)44-27-10-9-14-31-12-3-1-4-13-31)39(34-21-19-33(20-22-34)32-15-5-2-6-16-32)49-40(45-42)35-23-25-37(26-24-35)48-29-11-28-46/h1-8,12-13,15-26,39,46H,9-11,14,27-30H2,(H,44,47)/t39-,42-/m1/s1. The Morgan fingerprint density at radius 2 is 1.43 bits per heavy atom. The number of ether oxygens (including phenoxy) is 2. The van der Waals surface area contributed by atoms with Crippen molar-refractivity contribution in [3.8, 4) is 16.9 Å². The van der Waals surface area contributed by atoms with Gasteiger partial charge in [-0.25, -0.2) is 4.99 Å². The lowest BCUT2D eigenvalue weighted by molar-refractivity contribution is -0.128. The molecule has 0 unspecified atom stereocenters. The van der Waals surface area contributed by atoms with E-state index in [1.165, 1.54) is 5.56 Å². The highest BCUT2D eigenvalue weighted by molar-refractivity contribution is 9.10. The topological polar surface area (TPSA) is 80.2 Å². The van der Waals surface area contributed by atoms with Crippen LogP contribution >= 0.6 is 15.9 Å². The first kappa shape index (κ1) is 34.2. The molecule has 5 aromatic rings. The Balaban J connectivity index is 1.33. The van der Waals surface area contributed by atoms with Crippen molar-refractivity contribution in [1.82, 2.24) is 5.32 Å². The van der Waals surface area contributed by atoms with Gasteiger partial charge in [0.15, 0.2) is 11.6 Å². The SMILES string of the molecule is O=C(NCCCCc1ccccc1)[C@]1(Cc2ccccc2Br)N=C(c2ccc(OCCCO)cc2)O[C@@H]1c1ccc(-c2ccccc2)cc1. The van der Waals surface area contributed by atoms with Crippen LogP contribution in [0.5, 0.6) is 5.75 Å². The minimum Gasteiger partial charge on any atom is -0.494 e. The van der Waals surface area contributed by atoms with Gasteiger partial charge >= 0.3 is 0 Å². The number of nitrogens with one attached hydrogen (secondary N) is 1. The third-order valence-electron chi connectivity index (χ3n) is 8.79. The molecule has 2 N–H and O–H groups in total. The smallest absolute Gasteiger partial charge is 0.252 e. The molecule has 0 saturated carbocycles. The summed E-state index contributed by atoms with van der Waals surface area (Å²) in [6.45, 7) is 1.04. The Bertz CT molecular complexity index is 1830. The number of hydrogen-bond acceptors (Lipinski definition) is 5. The van der Waals surface area contributed by atoms with E-state index in [9.17, 15) is 4.79 Å². The van der Waals surface area contributed by atoms with E-state index in [2.05, 4.69) is 69.8 Å². The van der Waals surface area contributed by atoms with Crippen molar-refractivity contribution in [3.05, 3.63) is 160 Å². The molecule has 2 atom stereocenters. The summed E-state index contributed by atoms with van der Waals surface area (Å²) in [5, 5.41) is 12.4. The summed E-state index contributed by atoms with van der Waals surface area (Å²) in [7, 11) is 0. The van der Waals surface area contributed by atoms with Crippen molar-refractivity contribution in [2.75, 3.05) is 19.8 Å². The van der Waals surface area contributed by atoms with Gasteiger partial charge < -0.3 is 19.9 Å². The predicted octanol–water partition coefficient (Wildman–Crippen LogP) is 8.52. The number of benzene rings is 5. The predicted molar refractivity (Wildman–Crippen MR) is 199 cm³/mol. The van der Waals surface area contributed by atoms with Gasteiger partial charge in [-0.05, 0) is 77.4 Å². The molecule has 49 heavy (non-hydrogen) atoms. The average Bonchev–Trinajstić information content (AvgIpc) is 3.54. The van der Waals surface area contributed by atoms with Gasteiger partial charge in [-0.15, -0.1) is 0 Å². The van der Waals surface area contributed by atoms with E-state index in [0.717, 1.165) is 51.6 Å². The van der Waals surface area contributed by atoms with E-state index in [4.69, 9.17) is 19.6 Å². The number of nitrogens with zero attached hydrogens (tertiary/aromatic N) is 1.